The third kappa shape index (κ3) is 6.44. The van der Waals surface area contributed by atoms with Gasteiger partial charge < -0.3 is 20.5 Å². The number of hydrogen-bond acceptors (Lipinski definition) is 4. The van der Waals surface area contributed by atoms with Gasteiger partial charge in [-0.1, -0.05) is 0 Å². The molecular weight excluding hydrogens is 495 g/mol. The zero-order valence-electron chi connectivity index (χ0n) is 19.9. The topological polar surface area (TPSA) is 73.6 Å². The number of ether oxygens (including phenoxy) is 2. The van der Waals surface area contributed by atoms with E-state index in [1.807, 2.05) is 0 Å². The van der Waals surface area contributed by atoms with Crippen LogP contribution in [0.3, 0.4) is 0 Å². The number of carbonyl (C=O) groups is 1. The van der Waals surface area contributed by atoms with Gasteiger partial charge in [0.25, 0.3) is 5.91 Å². The second kappa shape index (κ2) is 10.9. The minimum atomic E-state index is -4.69. The molecular formula is C27H25F5N2O3. The first-order valence-electron chi connectivity index (χ1n) is 11.6. The number of carbonyl (C=O) groups excluding carboxylic acids is 1. The van der Waals surface area contributed by atoms with Crippen molar-refractivity contribution in [2.75, 3.05) is 18.5 Å². The van der Waals surface area contributed by atoms with Gasteiger partial charge in [0.05, 0.1) is 24.3 Å². The highest BCUT2D eigenvalue weighted by Gasteiger charge is 2.40. The zero-order valence-corrected chi connectivity index (χ0v) is 19.9. The van der Waals surface area contributed by atoms with Crippen LogP contribution >= 0.6 is 0 Å². The molecule has 4 rings (SSSR count). The Morgan fingerprint density at radius 3 is 2.46 bits per heavy atom. The molecule has 0 saturated heterocycles. The molecule has 0 atom stereocenters. The summed E-state index contributed by atoms with van der Waals surface area (Å²) in [6.45, 7) is 1.93. The number of nitrogens with one attached hydrogen (secondary N) is 1. The summed E-state index contributed by atoms with van der Waals surface area (Å²) < 4.78 is 80.6. The van der Waals surface area contributed by atoms with Gasteiger partial charge in [0.2, 0.25) is 0 Å². The molecule has 0 aromatic heterocycles. The predicted octanol–water partition coefficient (Wildman–Crippen LogP) is 6.69. The highest BCUT2D eigenvalue weighted by atomic mass is 19.4. The number of anilines is 1. The average Bonchev–Trinajstić information content (AvgIpc) is 3.67. The van der Waals surface area contributed by atoms with Crippen LogP contribution in [0.2, 0.25) is 0 Å². The molecule has 5 nitrogen and oxygen atoms in total. The highest BCUT2D eigenvalue weighted by molar-refractivity contribution is 6.06. The fraction of sp³-hybridized carbons (Fsp3) is 0.296. The van der Waals surface area contributed by atoms with Crippen molar-refractivity contribution in [2.45, 2.75) is 38.5 Å². The quantitative estimate of drug-likeness (QED) is 0.244. The molecule has 37 heavy (non-hydrogen) atoms. The van der Waals surface area contributed by atoms with Crippen molar-refractivity contribution in [1.82, 2.24) is 0 Å². The van der Waals surface area contributed by atoms with Gasteiger partial charge in [-0.3, -0.25) is 4.79 Å². The fourth-order valence-electron chi connectivity index (χ4n) is 3.91. The lowest BCUT2D eigenvalue weighted by Gasteiger charge is -2.19. The molecule has 1 aliphatic carbocycles. The first-order valence-corrected chi connectivity index (χ1v) is 11.6. The molecule has 0 heterocycles. The van der Waals surface area contributed by atoms with Crippen molar-refractivity contribution in [3.8, 4) is 11.5 Å². The zero-order chi connectivity index (χ0) is 26.7. The normalized spacial score (nSPS) is 13.5. The van der Waals surface area contributed by atoms with Gasteiger partial charge in [-0.25, -0.2) is 8.78 Å². The minimum Gasteiger partial charge on any atom is -0.456 e. The SMILES string of the molecule is Cc1cc(F)ccc1Oc1cc(C2CC2)c(C(F)(F)F)cc1C(=O)Nc1ccc(F)c(COCCN)c1. The Morgan fingerprint density at radius 2 is 1.81 bits per heavy atom. The first kappa shape index (κ1) is 26.6. The maximum Gasteiger partial charge on any atom is 0.416 e. The van der Waals surface area contributed by atoms with Crippen LogP contribution in [-0.4, -0.2) is 19.1 Å². The molecule has 1 amide bonds. The van der Waals surface area contributed by atoms with Crippen LogP contribution < -0.4 is 15.8 Å². The number of hydrogen-bond donors (Lipinski definition) is 2. The minimum absolute atomic E-state index is 0.0416. The molecule has 1 fully saturated rings. The third-order valence-electron chi connectivity index (χ3n) is 5.90. The van der Waals surface area contributed by atoms with Gasteiger partial charge in [0.15, 0.2) is 0 Å². The van der Waals surface area contributed by atoms with Gasteiger partial charge in [-0.2, -0.15) is 13.2 Å². The van der Waals surface area contributed by atoms with Crippen molar-refractivity contribution < 1.29 is 36.2 Å². The summed E-state index contributed by atoms with van der Waals surface area (Å²) in [5.41, 5.74) is 4.82. The Labute approximate surface area is 210 Å². The van der Waals surface area contributed by atoms with Crippen LogP contribution in [-0.2, 0) is 17.5 Å². The monoisotopic (exact) mass is 520 g/mol. The summed E-state index contributed by atoms with van der Waals surface area (Å²) in [4.78, 5) is 13.2. The molecule has 0 bridgehead atoms. The molecule has 10 heteroatoms. The molecule has 3 aromatic carbocycles. The lowest BCUT2D eigenvalue weighted by Crippen LogP contribution is -2.17. The summed E-state index contributed by atoms with van der Waals surface area (Å²) in [5, 5.41) is 2.52. The molecule has 3 N–H and O–H groups in total. The van der Waals surface area contributed by atoms with E-state index in [9.17, 15) is 26.7 Å². The number of halogens is 5. The van der Waals surface area contributed by atoms with E-state index in [0.29, 0.717) is 18.4 Å². The Balaban J connectivity index is 1.72. The summed E-state index contributed by atoms with van der Waals surface area (Å²) in [6, 6.07) is 9.45. The molecule has 1 aliphatic rings. The van der Waals surface area contributed by atoms with Crippen LogP contribution in [0.5, 0.6) is 11.5 Å². The Hall–Kier alpha value is -3.50. The van der Waals surface area contributed by atoms with E-state index < -0.39 is 29.3 Å². The maximum atomic E-state index is 14.1. The molecule has 196 valence electrons. The molecule has 1 saturated carbocycles. The van der Waals surface area contributed by atoms with Crippen molar-refractivity contribution in [3.63, 3.8) is 0 Å². The lowest BCUT2D eigenvalue weighted by molar-refractivity contribution is -0.138. The number of nitrogens with two attached hydrogens (primary N) is 1. The summed E-state index contributed by atoms with van der Waals surface area (Å²) in [6.07, 6.45) is -3.51. The number of benzene rings is 3. The Morgan fingerprint density at radius 1 is 1.05 bits per heavy atom. The molecule has 0 aliphatic heterocycles. The Bertz CT molecular complexity index is 1310. The molecule has 0 spiro atoms. The van der Waals surface area contributed by atoms with E-state index >= 15 is 0 Å². The van der Waals surface area contributed by atoms with Crippen molar-refractivity contribution >= 4 is 11.6 Å². The smallest absolute Gasteiger partial charge is 0.416 e. The number of amides is 1. The predicted molar refractivity (Wildman–Crippen MR) is 128 cm³/mol. The largest absolute Gasteiger partial charge is 0.456 e. The lowest BCUT2D eigenvalue weighted by atomic mass is 9.98. The second-order valence-electron chi connectivity index (χ2n) is 8.82. The van der Waals surface area contributed by atoms with Gasteiger partial charge >= 0.3 is 6.18 Å². The summed E-state index contributed by atoms with van der Waals surface area (Å²) >= 11 is 0. The molecule has 0 radical (unpaired) electrons. The van der Waals surface area contributed by atoms with Gasteiger partial charge in [-0.15, -0.1) is 0 Å². The van der Waals surface area contributed by atoms with Crippen LogP contribution in [0.1, 0.15) is 51.4 Å². The van der Waals surface area contributed by atoms with Crippen molar-refractivity contribution in [2.24, 2.45) is 5.73 Å². The van der Waals surface area contributed by atoms with E-state index in [2.05, 4.69) is 5.32 Å². The van der Waals surface area contributed by atoms with E-state index in [0.717, 1.165) is 18.2 Å². The van der Waals surface area contributed by atoms with Gasteiger partial charge in [-0.05, 0) is 85.3 Å². The van der Waals surface area contributed by atoms with Crippen LogP contribution in [0.15, 0.2) is 48.5 Å². The van der Waals surface area contributed by atoms with Crippen molar-refractivity contribution in [1.29, 1.82) is 0 Å². The fourth-order valence-corrected chi connectivity index (χ4v) is 3.91. The van der Waals surface area contributed by atoms with E-state index in [4.69, 9.17) is 15.2 Å². The van der Waals surface area contributed by atoms with E-state index in [1.165, 1.54) is 30.3 Å². The third-order valence-corrected chi connectivity index (χ3v) is 5.90. The number of aryl methyl sites for hydroxylation is 1. The highest BCUT2D eigenvalue weighted by Crippen LogP contribution is 2.48. The number of rotatable bonds is 9. The van der Waals surface area contributed by atoms with Gasteiger partial charge in [0.1, 0.15) is 23.1 Å². The van der Waals surface area contributed by atoms with Crippen LogP contribution in [0.25, 0.3) is 0 Å². The van der Waals surface area contributed by atoms with E-state index in [-0.39, 0.29) is 59.6 Å². The van der Waals surface area contributed by atoms with Gasteiger partial charge in [0, 0.05) is 17.8 Å². The second-order valence-corrected chi connectivity index (χ2v) is 8.82. The maximum absolute atomic E-state index is 14.1. The summed E-state index contributed by atoms with van der Waals surface area (Å²) in [7, 11) is 0. The van der Waals surface area contributed by atoms with Crippen LogP contribution in [0, 0.1) is 18.6 Å². The average molecular weight is 520 g/mol. The van der Waals surface area contributed by atoms with E-state index in [1.54, 1.807) is 6.92 Å². The van der Waals surface area contributed by atoms with Crippen molar-refractivity contribution in [3.05, 3.63) is 88.0 Å². The van der Waals surface area contributed by atoms with Crippen LogP contribution in [0.4, 0.5) is 27.6 Å². The number of alkyl halides is 3. The standard InChI is InChI=1S/C27H25F5N2O3/c1-15-10-18(28)4-7-24(15)37-25-13-20(16-2-3-16)22(27(30,31)32)12-21(25)26(35)34-19-5-6-23(29)17(11-19)14-36-9-8-33/h4-7,10-13,16H,2-3,8-9,14,33H2,1H3,(H,34,35). The Kier molecular flexibility index (Phi) is 7.79. The molecule has 3 aromatic rings. The molecule has 0 unspecified atom stereocenters. The first-order chi connectivity index (χ1) is 17.6. The summed E-state index contributed by atoms with van der Waals surface area (Å²) in [5.74, 6) is -2.16.